The van der Waals surface area contributed by atoms with Gasteiger partial charge in [0.1, 0.15) is 5.60 Å². The third-order valence-corrected chi connectivity index (χ3v) is 8.37. The van der Waals surface area contributed by atoms with Crippen molar-refractivity contribution in [3.63, 3.8) is 0 Å². The third kappa shape index (κ3) is 2.71. The number of hydrogen-bond acceptors (Lipinski definition) is 4. The van der Waals surface area contributed by atoms with Gasteiger partial charge in [0.2, 0.25) is 5.79 Å². The molecule has 4 bridgehead atoms. The standard InChI is InChI=1S/C20H26O4S/c1-19(13-25(21)18-5-3-2-4-6-18)12-22-20(24-23-19)16-8-14-7-15(10-16)11-17(20)9-14/h2-6,14-17H,7-13H2,1H3. The van der Waals surface area contributed by atoms with E-state index in [1.54, 1.807) is 0 Å². The Balaban J connectivity index is 1.29. The lowest BCUT2D eigenvalue weighted by Crippen LogP contribution is -2.65. The SMILES string of the molecule is CC1(CS(=O)c2ccccc2)COC2(OO1)C1CC3CC(C1)CC2C3. The number of hydrogen-bond donors (Lipinski definition) is 0. The molecule has 0 N–H and O–H groups in total. The van der Waals surface area contributed by atoms with Gasteiger partial charge >= 0.3 is 0 Å². The van der Waals surface area contributed by atoms with Crippen LogP contribution >= 0.6 is 0 Å². The minimum Gasteiger partial charge on any atom is -0.344 e. The molecule has 1 saturated heterocycles. The largest absolute Gasteiger partial charge is 0.344 e. The van der Waals surface area contributed by atoms with Crippen molar-refractivity contribution in [2.24, 2.45) is 23.7 Å². The maximum atomic E-state index is 12.7. The molecule has 25 heavy (non-hydrogen) atoms. The first-order valence-electron chi connectivity index (χ1n) is 9.50. The molecule has 5 aliphatic rings. The fraction of sp³-hybridized carbons (Fsp3) is 0.700. The second-order valence-corrected chi connectivity index (χ2v) is 10.2. The summed E-state index contributed by atoms with van der Waals surface area (Å²) in [5.74, 6) is 2.49. The summed E-state index contributed by atoms with van der Waals surface area (Å²) in [4.78, 5) is 12.8. The first kappa shape index (κ1) is 16.4. The molecule has 136 valence electrons. The van der Waals surface area contributed by atoms with E-state index in [0.717, 1.165) is 16.7 Å². The second-order valence-electron chi connectivity index (χ2n) is 8.73. The maximum Gasteiger partial charge on any atom is 0.207 e. The minimum absolute atomic E-state index is 0.383. The first-order chi connectivity index (χ1) is 12.1. The van der Waals surface area contributed by atoms with Crippen molar-refractivity contribution in [3.8, 4) is 0 Å². The molecular formula is C20H26O4S. The highest BCUT2D eigenvalue weighted by molar-refractivity contribution is 7.85. The number of benzene rings is 1. The summed E-state index contributed by atoms with van der Waals surface area (Å²) >= 11 is 0. The Bertz CT molecular complexity index is 636. The summed E-state index contributed by atoms with van der Waals surface area (Å²) in [5, 5.41) is 0. The van der Waals surface area contributed by atoms with Crippen LogP contribution in [0.1, 0.15) is 39.0 Å². The van der Waals surface area contributed by atoms with E-state index in [1.807, 2.05) is 37.3 Å². The fourth-order valence-corrected chi connectivity index (χ4v) is 7.00. The average molecular weight is 362 g/mol. The smallest absolute Gasteiger partial charge is 0.207 e. The summed E-state index contributed by atoms with van der Waals surface area (Å²) < 4.78 is 19.1. The third-order valence-electron chi connectivity index (χ3n) is 6.69. The van der Waals surface area contributed by atoms with Crippen LogP contribution in [0.4, 0.5) is 0 Å². The molecule has 0 radical (unpaired) electrons. The van der Waals surface area contributed by atoms with Crippen molar-refractivity contribution in [1.29, 1.82) is 0 Å². The van der Waals surface area contributed by atoms with E-state index in [2.05, 4.69) is 0 Å². The normalized spacial score (nSPS) is 46.4. The zero-order chi connectivity index (χ0) is 17.1. The second kappa shape index (κ2) is 5.88. The molecule has 5 heteroatoms. The minimum atomic E-state index is -1.13. The molecule has 4 nitrogen and oxygen atoms in total. The summed E-state index contributed by atoms with van der Waals surface area (Å²) in [6.07, 6.45) is 6.25. The van der Waals surface area contributed by atoms with Gasteiger partial charge in [0.05, 0.1) is 23.2 Å². The van der Waals surface area contributed by atoms with Crippen molar-refractivity contribution in [2.45, 2.75) is 55.3 Å². The van der Waals surface area contributed by atoms with Crippen LogP contribution in [0.3, 0.4) is 0 Å². The Labute approximate surface area is 151 Å². The van der Waals surface area contributed by atoms with Gasteiger partial charge in [-0.3, -0.25) is 4.21 Å². The Morgan fingerprint density at radius 3 is 2.20 bits per heavy atom. The molecule has 1 spiro atoms. The Kier molecular flexibility index (Phi) is 3.86. The Morgan fingerprint density at radius 2 is 1.64 bits per heavy atom. The molecule has 0 aromatic heterocycles. The van der Waals surface area contributed by atoms with Gasteiger partial charge in [-0.15, -0.1) is 0 Å². The molecule has 5 fully saturated rings. The monoisotopic (exact) mass is 362 g/mol. The van der Waals surface area contributed by atoms with Gasteiger partial charge in [-0.05, 0) is 63.0 Å². The highest BCUT2D eigenvalue weighted by Crippen LogP contribution is 2.61. The number of rotatable bonds is 3. The van der Waals surface area contributed by atoms with E-state index in [1.165, 1.54) is 32.1 Å². The molecule has 4 aliphatic carbocycles. The van der Waals surface area contributed by atoms with E-state index in [0.29, 0.717) is 24.2 Å². The zero-order valence-corrected chi connectivity index (χ0v) is 15.5. The highest BCUT2D eigenvalue weighted by atomic mass is 32.2. The fourth-order valence-electron chi connectivity index (χ4n) is 5.69. The van der Waals surface area contributed by atoms with E-state index in [4.69, 9.17) is 14.5 Å². The van der Waals surface area contributed by atoms with Crippen LogP contribution in [0.5, 0.6) is 0 Å². The lowest BCUT2D eigenvalue weighted by Gasteiger charge is -2.61. The Hall–Kier alpha value is -0.750. The van der Waals surface area contributed by atoms with Crippen molar-refractivity contribution in [1.82, 2.24) is 0 Å². The van der Waals surface area contributed by atoms with Gasteiger partial charge in [0, 0.05) is 16.7 Å². The van der Waals surface area contributed by atoms with Crippen molar-refractivity contribution in [3.05, 3.63) is 30.3 Å². The van der Waals surface area contributed by atoms with Crippen LogP contribution in [-0.4, -0.2) is 28.0 Å². The van der Waals surface area contributed by atoms with Gasteiger partial charge in [-0.2, -0.15) is 4.89 Å². The summed E-state index contributed by atoms with van der Waals surface area (Å²) in [7, 11) is -1.13. The molecule has 2 unspecified atom stereocenters. The lowest BCUT2D eigenvalue weighted by atomic mass is 9.53. The van der Waals surface area contributed by atoms with Crippen molar-refractivity contribution in [2.75, 3.05) is 12.4 Å². The molecule has 1 aromatic carbocycles. The number of ether oxygens (including phenoxy) is 1. The van der Waals surface area contributed by atoms with E-state index in [9.17, 15) is 4.21 Å². The van der Waals surface area contributed by atoms with Crippen molar-refractivity contribution < 1.29 is 18.7 Å². The van der Waals surface area contributed by atoms with Crippen molar-refractivity contribution >= 4 is 10.8 Å². The average Bonchev–Trinajstić information content (AvgIpc) is 2.61. The van der Waals surface area contributed by atoms with E-state index >= 15 is 0 Å². The predicted octanol–water partition coefficient (Wildman–Crippen LogP) is 3.68. The molecule has 0 amide bonds. The highest BCUT2D eigenvalue weighted by Gasteiger charge is 2.62. The molecule has 1 aromatic rings. The summed E-state index contributed by atoms with van der Waals surface area (Å²) in [6, 6.07) is 9.54. The van der Waals surface area contributed by atoms with Gasteiger partial charge in [-0.1, -0.05) is 18.2 Å². The zero-order valence-electron chi connectivity index (χ0n) is 14.7. The van der Waals surface area contributed by atoms with Gasteiger partial charge < -0.3 is 4.74 Å². The lowest BCUT2D eigenvalue weighted by molar-refractivity contribution is -0.540. The van der Waals surface area contributed by atoms with Crippen LogP contribution in [0.15, 0.2) is 35.2 Å². The summed E-state index contributed by atoms with van der Waals surface area (Å²) in [5.41, 5.74) is -0.666. The van der Waals surface area contributed by atoms with E-state index in [-0.39, 0.29) is 0 Å². The van der Waals surface area contributed by atoms with Crippen LogP contribution < -0.4 is 0 Å². The predicted molar refractivity (Wildman–Crippen MR) is 94.0 cm³/mol. The van der Waals surface area contributed by atoms with Crippen LogP contribution in [0.2, 0.25) is 0 Å². The molecular weight excluding hydrogens is 336 g/mol. The maximum absolute atomic E-state index is 12.7. The summed E-state index contributed by atoms with van der Waals surface area (Å²) in [6.45, 7) is 2.39. The van der Waals surface area contributed by atoms with Crippen LogP contribution in [-0.2, 0) is 25.3 Å². The molecule has 2 atom stereocenters. The molecule has 4 saturated carbocycles. The van der Waals surface area contributed by atoms with Gasteiger partial charge in [0.25, 0.3) is 0 Å². The quantitative estimate of drug-likeness (QED) is 0.770. The molecule has 6 rings (SSSR count). The molecule has 1 aliphatic heterocycles. The topological polar surface area (TPSA) is 44.8 Å². The van der Waals surface area contributed by atoms with Crippen LogP contribution in [0, 0.1) is 23.7 Å². The molecule has 1 heterocycles. The van der Waals surface area contributed by atoms with Gasteiger partial charge in [0.15, 0.2) is 0 Å². The first-order valence-corrected chi connectivity index (χ1v) is 10.8. The van der Waals surface area contributed by atoms with Gasteiger partial charge in [-0.25, -0.2) is 4.89 Å². The van der Waals surface area contributed by atoms with E-state index < -0.39 is 22.2 Å². The van der Waals surface area contributed by atoms with Crippen LogP contribution in [0.25, 0.3) is 0 Å². The Morgan fingerprint density at radius 1 is 1.00 bits per heavy atom.